The third-order valence-corrected chi connectivity index (χ3v) is 7.15. The average molecular weight is 590 g/mol. The van der Waals surface area contributed by atoms with E-state index < -0.39 is 6.04 Å². The molecule has 1 amide bonds. The van der Waals surface area contributed by atoms with Gasteiger partial charge in [0.1, 0.15) is 30.5 Å². The van der Waals surface area contributed by atoms with Crippen molar-refractivity contribution in [3.63, 3.8) is 0 Å². The van der Waals surface area contributed by atoms with Gasteiger partial charge in [-0.25, -0.2) is 4.68 Å². The van der Waals surface area contributed by atoms with Gasteiger partial charge in [0.05, 0.1) is 37.1 Å². The lowest BCUT2D eigenvalue weighted by Gasteiger charge is -2.29. The predicted octanol–water partition coefficient (Wildman–Crippen LogP) is 6.16. The zero-order valence-corrected chi connectivity index (χ0v) is 24.8. The molecule has 42 heavy (non-hydrogen) atoms. The number of benzene rings is 3. The number of hydrogen-bond acceptors (Lipinski definition) is 8. The van der Waals surface area contributed by atoms with E-state index in [4.69, 9.17) is 30.5 Å². The van der Waals surface area contributed by atoms with Crippen LogP contribution in [0.2, 0.25) is 5.02 Å². The Hall–Kier alpha value is -4.70. The van der Waals surface area contributed by atoms with Crippen LogP contribution in [0.15, 0.2) is 72.2 Å². The number of allylic oxidation sites excluding steroid dienone is 1. The summed E-state index contributed by atoms with van der Waals surface area (Å²) in [5.41, 5.74) is 4.45. The molecule has 11 heteroatoms. The molecule has 0 fully saturated rings. The summed E-state index contributed by atoms with van der Waals surface area (Å²) in [6.45, 7) is 6.60. The molecule has 1 aliphatic rings. The molecule has 1 atom stereocenters. The van der Waals surface area contributed by atoms with E-state index in [-0.39, 0.29) is 5.91 Å². The van der Waals surface area contributed by atoms with E-state index in [0.717, 1.165) is 11.1 Å². The quantitative estimate of drug-likeness (QED) is 0.226. The minimum atomic E-state index is -0.616. The molecule has 218 valence electrons. The van der Waals surface area contributed by atoms with Gasteiger partial charge in [-0.15, -0.1) is 0 Å². The molecule has 0 aliphatic carbocycles. The van der Waals surface area contributed by atoms with Crippen molar-refractivity contribution in [3.8, 4) is 23.0 Å². The minimum absolute atomic E-state index is 0.361. The molecule has 0 spiro atoms. The number of halogens is 1. The van der Waals surface area contributed by atoms with Crippen molar-refractivity contribution in [1.82, 2.24) is 14.8 Å². The molecule has 4 aromatic rings. The van der Waals surface area contributed by atoms with Crippen LogP contribution in [0, 0.1) is 6.92 Å². The van der Waals surface area contributed by atoms with Crippen molar-refractivity contribution in [2.45, 2.75) is 33.4 Å². The highest BCUT2D eigenvalue weighted by atomic mass is 35.5. The Bertz CT molecular complexity index is 1630. The second-order valence-corrected chi connectivity index (χ2v) is 10.1. The third kappa shape index (κ3) is 5.84. The van der Waals surface area contributed by atoms with E-state index in [1.165, 1.54) is 26.1 Å². The molecule has 0 unspecified atom stereocenters. The second-order valence-electron chi connectivity index (χ2n) is 9.65. The van der Waals surface area contributed by atoms with Crippen molar-refractivity contribution in [1.29, 1.82) is 0 Å². The number of aromatic nitrogens is 3. The Kier molecular flexibility index (Phi) is 8.53. The highest BCUT2D eigenvalue weighted by Gasteiger charge is 2.34. The minimum Gasteiger partial charge on any atom is -0.495 e. The maximum absolute atomic E-state index is 14.0. The lowest BCUT2D eigenvalue weighted by atomic mass is 9.94. The van der Waals surface area contributed by atoms with Gasteiger partial charge in [-0.05, 0) is 44.0 Å². The smallest absolute Gasteiger partial charge is 0.255 e. The molecule has 2 heterocycles. The fraction of sp³-hybridized carbons (Fsp3) is 0.258. The molecule has 0 radical (unpaired) electrons. The number of hydrogen-bond donors (Lipinski definition) is 2. The Labute approximate surface area is 249 Å². The summed E-state index contributed by atoms with van der Waals surface area (Å²) in [4.78, 5) is 18.3. The van der Waals surface area contributed by atoms with E-state index >= 15 is 0 Å². The summed E-state index contributed by atoms with van der Waals surface area (Å²) in [5.74, 6) is 2.09. The molecule has 0 bridgehead atoms. The summed E-state index contributed by atoms with van der Waals surface area (Å²) in [6.07, 6.45) is 1.44. The van der Waals surface area contributed by atoms with Gasteiger partial charge in [0, 0.05) is 17.8 Å². The van der Waals surface area contributed by atoms with Gasteiger partial charge in [-0.3, -0.25) is 4.79 Å². The summed E-state index contributed by atoms with van der Waals surface area (Å²) in [6, 6.07) is 16.4. The van der Waals surface area contributed by atoms with E-state index in [1.54, 1.807) is 16.8 Å². The van der Waals surface area contributed by atoms with E-state index in [9.17, 15) is 4.79 Å². The molecule has 3 aromatic carbocycles. The number of amides is 1. The van der Waals surface area contributed by atoms with Gasteiger partial charge in [0.2, 0.25) is 5.95 Å². The number of aryl methyl sites for hydroxylation is 1. The molecular weight excluding hydrogens is 558 g/mol. The maximum Gasteiger partial charge on any atom is 0.255 e. The lowest BCUT2D eigenvalue weighted by molar-refractivity contribution is -0.113. The molecule has 0 saturated heterocycles. The first-order valence-electron chi connectivity index (χ1n) is 13.4. The van der Waals surface area contributed by atoms with Crippen LogP contribution in [0.3, 0.4) is 0 Å². The molecule has 2 N–H and O–H groups in total. The first-order chi connectivity index (χ1) is 20.3. The molecule has 1 aliphatic heterocycles. The Morgan fingerprint density at radius 1 is 0.976 bits per heavy atom. The standard InChI is InChI=1S/C31H32ClN5O5/c1-6-41-27-13-21(11-12-24(27)42-16-20-9-7-18(2)8-10-20)29-28(19(3)35-31-33-17-34-37(29)31)30(38)36-23-15-25(39-4)22(32)14-26(23)40-5/h7-15,17,29H,6,16H2,1-5H3,(H,36,38)(H,33,34,35)/t29-/m0/s1. The molecule has 0 saturated carbocycles. The van der Waals surface area contributed by atoms with Crippen molar-refractivity contribution in [2.24, 2.45) is 0 Å². The van der Waals surface area contributed by atoms with Crippen LogP contribution in [0.25, 0.3) is 0 Å². The maximum atomic E-state index is 14.0. The SMILES string of the molecule is CCOc1cc([C@H]2C(C(=O)Nc3cc(OC)c(Cl)cc3OC)=C(C)Nc3ncnn32)ccc1OCc1ccc(C)cc1. The third-order valence-electron chi connectivity index (χ3n) is 6.86. The first kappa shape index (κ1) is 28.8. The number of carbonyl (C=O) groups is 1. The summed E-state index contributed by atoms with van der Waals surface area (Å²) < 4.78 is 24.6. The van der Waals surface area contributed by atoms with Crippen molar-refractivity contribution >= 4 is 29.1 Å². The average Bonchev–Trinajstić information content (AvgIpc) is 3.45. The normalized spacial score (nSPS) is 14.1. The van der Waals surface area contributed by atoms with Gasteiger partial charge in [0.15, 0.2) is 11.5 Å². The van der Waals surface area contributed by atoms with Crippen molar-refractivity contribution < 1.29 is 23.7 Å². The molecule has 10 nitrogen and oxygen atoms in total. The zero-order valence-electron chi connectivity index (χ0n) is 24.0. The van der Waals surface area contributed by atoms with Crippen LogP contribution < -0.4 is 29.6 Å². The number of carbonyl (C=O) groups excluding carboxylic acids is 1. The monoisotopic (exact) mass is 589 g/mol. The number of rotatable bonds is 10. The Morgan fingerprint density at radius 3 is 2.45 bits per heavy atom. The predicted molar refractivity (Wildman–Crippen MR) is 161 cm³/mol. The van der Waals surface area contributed by atoms with Gasteiger partial charge in [-0.1, -0.05) is 47.5 Å². The van der Waals surface area contributed by atoms with Crippen molar-refractivity contribution in [2.75, 3.05) is 31.5 Å². The van der Waals surface area contributed by atoms with E-state index in [2.05, 4.69) is 32.8 Å². The number of anilines is 2. The molecule has 5 rings (SSSR count). The highest BCUT2D eigenvalue weighted by Crippen LogP contribution is 2.41. The van der Waals surface area contributed by atoms with Gasteiger partial charge in [0.25, 0.3) is 5.91 Å². The highest BCUT2D eigenvalue weighted by molar-refractivity contribution is 6.32. The molecule has 1 aromatic heterocycles. The van der Waals surface area contributed by atoms with Gasteiger partial charge >= 0.3 is 0 Å². The number of nitrogens with zero attached hydrogens (tertiary/aromatic N) is 3. The Balaban J connectivity index is 1.50. The number of fused-ring (bicyclic) bond motifs is 1. The van der Waals surface area contributed by atoms with Crippen molar-refractivity contribution in [3.05, 3.63) is 93.9 Å². The van der Waals surface area contributed by atoms with E-state index in [1.807, 2.05) is 51.1 Å². The van der Waals surface area contributed by atoms with Crippen LogP contribution >= 0.6 is 11.6 Å². The van der Waals surface area contributed by atoms with Crippen LogP contribution in [0.5, 0.6) is 23.0 Å². The van der Waals surface area contributed by atoms with Crippen LogP contribution in [-0.2, 0) is 11.4 Å². The van der Waals surface area contributed by atoms with Crippen LogP contribution in [0.4, 0.5) is 11.6 Å². The summed E-state index contributed by atoms with van der Waals surface area (Å²) >= 11 is 6.27. The summed E-state index contributed by atoms with van der Waals surface area (Å²) in [7, 11) is 3.01. The first-order valence-corrected chi connectivity index (χ1v) is 13.8. The lowest BCUT2D eigenvalue weighted by Crippen LogP contribution is -2.31. The second kappa shape index (κ2) is 12.4. The van der Waals surface area contributed by atoms with Gasteiger partial charge < -0.3 is 29.6 Å². The number of nitrogens with one attached hydrogen (secondary N) is 2. The summed E-state index contributed by atoms with van der Waals surface area (Å²) in [5, 5.41) is 10.9. The topological polar surface area (TPSA) is 109 Å². The van der Waals surface area contributed by atoms with Gasteiger partial charge in [-0.2, -0.15) is 10.1 Å². The number of methoxy groups -OCH3 is 2. The molecular formula is C31H32ClN5O5. The zero-order chi connectivity index (χ0) is 29.8. The Morgan fingerprint density at radius 2 is 1.74 bits per heavy atom. The number of ether oxygens (including phenoxy) is 4. The van der Waals surface area contributed by atoms with E-state index in [0.29, 0.717) is 64.1 Å². The fourth-order valence-corrected chi connectivity index (χ4v) is 5.00. The largest absolute Gasteiger partial charge is 0.495 e. The van der Waals surface area contributed by atoms with Crippen LogP contribution in [-0.4, -0.2) is 41.5 Å². The fourth-order valence-electron chi connectivity index (χ4n) is 4.77. The van der Waals surface area contributed by atoms with Crippen LogP contribution in [0.1, 0.15) is 36.6 Å².